The summed E-state index contributed by atoms with van der Waals surface area (Å²) in [6.07, 6.45) is -0.470. The molecule has 0 saturated heterocycles. The fourth-order valence-electron chi connectivity index (χ4n) is 2.07. The summed E-state index contributed by atoms with van der Waals surface area (Å²) in [5.41, 5.74) is 3.50. The van der Waals surface area contributed by atoms with Crippen molar-refractivity contribution in [1.82, 2.24) is 0 Å². The molecular weight excluding hydrogens is 229 g/mol. The van der Waals surface area contributed by atoms with Gasteiger partial charge in [0.05, 0.1) is 5.84 Å². The van der Waals surface area contributed by atoms with Crippen molar-refractivity contribution in [1.29, 1.82) is 0 Å². The van der Waals surface area contributed by atoms with E-state index in [2.05, 4.69) is 4.99 Å². The average Bonchev–Trinajstić information content (AvgIpc) is 2.33. The molecular formula is C12H13F3N2. The lowest BCUT2D eigenvalue weighted by molar-refractivity contribution is -0.0947. The summed E-state index contributed by atoms with van der Waals surface area (Å²) < 4.78 is 41.2. The van der Waals surface area contributed by atoms with Crippen LogP contribution in [0.15, 0.2) is 35.3 Å². The maximum absolute atomic E-state index is 14.0. The van der Waals surface area contributed by atoms with Gasteiger partial charge in [0.2, 0.25) is 0 Å². The fraction of sp³-hybridized carbons (Fsp3) is 0.417. The lowest BCUT2D eigenvalue weighted by Gasteiger charge is -2.38. The van der Waals surface area contributed by atoms with Crippen molar-refractivity contribution in [3.8, 4) is 0 Å². The monoisotopic (exact) mass is 242 g/mol. The Morgan fingerprint density at radius 1 is 1.24 bits per heavy atom. The van der Waals surface area contributed by atoms with Crippen molar-refractivity contribution in [3.05, 3.63) is 35.9 Å². The zero-order chi connectivity index (χ0) is 12.5. The van der Waals surface area contributed by atoms with E-state index in [1.807, 2.05) is 0 Å². The van der Waals surface area contributed by atoms with E-state index in [0.29, 0.717) is 0 Å². The molecule has 0 fully saturated rings. The first-order valence-electron chi connectivity index (χ1n) is 5.35. The maximum atomic E-state index is 14.0. The first kappa shape index (κ1) is 12.0. The van der Waals surface area contributed by atoms with Gasteiger partial charge in [0.1, 0.15) is 6.67 Å². The van der Waals surface area contributed by atoms with Crippen molar-refractivity contribution in [2.24, 2.45) is 10.7 Å². The van der Waals surface area contributed by atoms with Gasteiger partial charge in [-0.3, -0.25) is 4.99 Å². The number of nitrogens with two attached hydrogens (primary N) is 1. The number of alkyl halides is 3. The Morgan fingerprint density at radius 3 is 2.47 bits per heavy atom. The second-order valence-corrected chi connectivity index (χ2v) is 4.17. The van der Waals surface area contributed by atoms with Gasteiger partial charge in [0.25, 0.3) is 5.92 Å². The molecule has 2 nitrogen and oxygen atoms in total. The molecule has 1 atom stereocenters. The van der Waals surface area contributed by atoms with Gasteiger partial charge in [-0.05, 0) is 5.56 Å². The van der Waals surface area contributed by atoms with Crippen LogP contribution in [0.1, 0.15) is 18.4 Å². The van der Waals surface area contributed by atoms with E-state index in [1.54, 1.807) is 18.2 Å². The molecule has 0 aromatic heterocycles. The largest absolute Gasteiger partial charge is 0.387 e. The van der Waals surface area contributed by atoms with Crippen molar-refractivity contribution >= 4 is 5.84 Å². The summed E-state index contributed by atoms with van der Waals surface area (Å²) in [4.78, 5) is 3.72. The third-order valence-corrected chi connectivity index (χ3v) is 3.08. The minimum absolute atomic E-state index is 0.00157. The average molecular weight is 242 g/mol. The van der Waals surface area contributed by atoms with Crippen LogP contribution in [0.4, 0.5) is 13.2 Å². The van der Waals surface area contributed by atoms with Gasteiger partial charge in [-0.1, -0.05) is 30.3 Å². The quantitative estimate of drug-likeness (QED) is 0.850. The summed E-state index contributed by atoms with van der Waals surface area (Å²) in [6.45, 7) is -1.26. The molecule has 0 amide bonds. The number of amidine groups is 1. The lowest BCUT2D eigenvalue weighted by atomic mass is 9.81. The first-order chi connectivity index (χ1) is 8.02. The molecule has 1 aliphatic rings. The predicted octanol–water partition coefficient (Wildman–Crippen LogP) is 2.64. The number of rotatable bonds is 2. The summed E-state index contributed by atoms with van der Waals surface area (Å²) >= 11 is 0. The third-order valence-electron chi connectivity index (χ3n) is 3.08. The normalized spacial score (nSPS) is 27.6. The van der Waals surface area contributed by atoms with Crippen LogP contribution >= 0.6 is 0 Å². The number of nitrogens with zero attached hydrogens (tertiary/aromatic N) is 1. The van der Waals surface area contributed by atoms with E-state index in [1.165, 1.54) is 12.1 Å². The molecule has 2 N–H and O–H groups in total. The fourth-order valence-corrected chi connectivity index (χ4v) is 2.07. The van der Waals surface area contributed by atoms with E-state index in [-0.39, 0.29) is 17.8 Å². The van der Waals surface area contributed by atoms with Crippen LogP contribution in [0.3, 0.4) is 0 Å². The van der Waals surface area contributed by atoms with Crippen LogP contribution in [0.2, 0.25) is 0 Å². The van der Waals surface area contributed by atoms with Gasteiger partial charge < -0.3 is 5.73 Å². The highest BCUT2D eigenvalue weighted by Gasteiger charge is 2.57. The van der Waals surface area contributed by atoms with Crippen LogP contribution in [-0.4, -0.2) is 18.4 Å². The molecule has 0 saturated carbocycles. The van der Waals surface area contributed by atoms with Gasteiger partial charge in [-0.25, -0.2) is 13.2 Å². The highest BCUT2D eigenvalue weighted by atomic mass is 19.3. The first-order valence-corrected chi connectivity index (χ1v) is 5.35. The van der Waals surface area contributed by atoms with Crippen molar-refractivity contribution < 1.29 is 13.2 Å². The lowest BCUT2D eigenvalue weighted by Crippen LogP contribution is -2.50. The molecule has 5 heteroatoms. The highest BCUT2D eigenvalue weighted by Crippen LogP contribution is 2.46. The van der Waals surface area contributed by atoms with Crippen LogP contribution in [0.25, 0.3) is 0 Å². The third kappa shape index (κ3) is 1.79. The molecule has 1 aliphatic heterocycles. The molecule has 1 unspecified atom stereocenters. The Bertz CT molecular complexity index is 431. The number of hydrogen-bond donors (Lipinski definition) is 1. The number of benzene rings is 1. The van der Waals surface area contributed by atoms with Gasteiger partial charge in [0.15, 0.2) is 5.54 Å². The van der Waals surface area contributed by atoms with E-state index < -0.39 is 24.6 Å². The van der Waals surface area contributed by atoms with Crippen LogP contribution in [0.5, 0.6) is 0 Å². The molecule has 1 aromatic rings. The molecule has 1 aromatic carbocycles. The topological polar surface area (TPSA) is 38.4 Å². The van der Waals surface area contributed by atoms with Crippen LogP contribution in [0, 0.1) is 0 Å². The standard InChI is InChI=1S/C12H13F3N2/c13-8-11(9-4-2-1-3-5-9)12(14,15)7-6-10(16)17-11/h1-5H,6-8H2,(H2,16,17). The Morgan fingerprint density at radius 2 is 1.88 bits per heavy atom. The molecule has 1 heterocycles. The number of halogens is 3. The molecule has 0 radical (unpaired) electrons. The Kier molecular flexibility index (Phi) is 2.85. The van der Waals surface area contributed by atoms with E-state index in [9.17, 15) is 13.2 Å². The molecule has 0 spiro atoms. The number of hydrogen-bond acceptors (Lipinski definition) is 2. The van der Waals surface area contributed by atoms with Crippen molar-refractivity contribution in [2.75, 3.05) is 6.67 Å². The summed E-state index contributed by atoms with van der Waals surface area (Å²) in [6, 6.07) is 7.76. The van der Waals surface area contributed by atoms with Crippen molar-refractivity contribution in [2.45, 2.75) is 24.3 Å². The van der Waals surface area contributed by atoms with Gasteiger partial charge in [0, 0.05) is 12.8 Å². The smallest absolute Gasteiger partial charge is 0.279 e. The van der Waals surface area contributed by atoms with E-state index in [4.69, 9.17) is 5.73 Å². The molecule has 92 valence electrons. The zero-order valence-corrected chi connectivity index (χ0v) is 9.17. The van der Waals surface area contributed by atoms with E-state index in [0.717, 1.165) is 0 Å². The molecule has 0 bridgehead atoms. The maximum Gasteiger partial charge on any atom is 0.279 e. The zero-order valence-electron chi connectivity index (χ0n) is 9.17. The molecule has 17 heavy (non-hydrogen) atoms. The van der Waals surface area contributed by atoms with Gasteiger partial charge in [-0.15, -0.1) is 0 Å². The Balaban J connectivity index is 2.59. The highest BCUT2D eigenvalue weighted by molar-refractivity contribution is 5.82. The predicted molar refractivity (Wildman–Crippen MR) is 59.9 cm³/mol. The summed E-state index contributed by atoms with van der Waals surface area (Å²) in [5.74, 6) is -3.14. The minimum atomic E-state index is -3.22. The van der Waals surface area contributed by atoms with Crippen LogP contribution in [-0.2, 0) is 5.54 Å². The summed E-state index contributed by atoms with van der Waals surface area (Å²) in [7, 11) is 0. The molecule has 0 aliphatic carbocycles. The van der Waals surface area contributed by atoms with Gasteiger partial charge >= 0.3 is 0 Å². The summed E-state index contributed by atoms with van der Waals surface area (Å²) in [5, 5.41) is 0. The van der Waals surface area contributed by atoms with Crippen LogP contribution < -0.4 is 5.73 Å². The number of aliphatic imine (C=N–C) groups is 1. The second-order valence-electron chi connectivity index (χ2n) is 4.17. The van der Waals surface area contributed by atoms with Gasteiger partial charge in [-0.2, -0.15) is 0 Å². The Hall–Kier alpha value is -1.52. The minimum Gasteiger partial charge on any atom is -0.387 e. The van der Waals surface area contributed by atoms with E-state index >= 15 is 0 Å². The SMILES string of the molecule is NC1=NC(CF)(c2ccccc2)C(F)(F)CC1. The second kappa shape index (κ2) is 4.05. The van der Waals surface area contributed by atoms with Crippen molar-refractivity contribution in [3.63, 3.8) is 0 Å². The Labute approximate surface area is 97.3 Å². The molecule has 2 rings (SSSR count).